The van der Waals surface area contributed by atoms with Crippen molar-refractivity contribution in [3.05, 3.63) is 33.7 Å². The number of phenolic OH excluding ortho intramolecular Hbond substituents is 1. The average Bonchev–Trinajstić information content (AvgIpc) is 2.80. The van der Waals surface area contributed by atoms with Gasteiger partial charge in [-0.3, -0.25) is 0 Å². The number of benzene rings is 1. The number of phenols is 1. The number of hydrogen-bond donors (Lipinski definition) is 2. The Labute approximate surface area is 109 Å². The van der Waals surface area contributed by atoms with Crippen LogP contribution in [0.25, 0.3) is 11.3 Å². The molecule has 94 valence electrons. The van der Waals surface area contributed by atoms with Crippen molar-refractivity contribution >= 4 is 21.9 Å². The molecular weight excluding hydrogens is 309 g/mol. The molecule has 0 aliphatic heterocycles. The van der Waals surface area contributed by atoms with E-state index < -0.39 is 17.5 Å². The normalized spacial score (nSPS) is 10.6. The van der Waals surface area contributed by atoms with Crippen molar-refractivity contribution in [1.29, 1.82) is 0 Å². The summed E-state index contributed by atoms with van der Waals surface area (Å²) in [6.07, 6.45) is 0. The van der Waals surface area contributed by atoms with E-state index >= 15 is 0 Å². The van der Waals surface area contributed by atoms with E-state index in [1.54, 1.807) is 6.92 Å². The van der Waals surface area contributed by atoms with Crippen LogP contribution in [0.5, 0.6) is 5.75 Å². The molecule has 1 aromatic carbocycles. The molecule has 0 aliphatic rings. The fraction of sp³-hybridized carbons (Fsp3) is 0.0909. The fourth-order valence-electron chi connectivity index (χ4n) is 1.44. The molecule has 2 N–H and O–H groups in total. The Morgan fingerprint density at radius 3 is 2.72 bits per heavy atom. The van der Waals surface area contributed by atoms with Crippen molar-refractivity contribution in [2.75, 3.05) is 0 Å². The van der Waals surface area contributed by atoms with Crippen LogP contribution in [-0.4, -0.2) is 21.3 Å². The van der Waals surface area contributed by atoms with Crippen LogP contribution >= 0.6 is 15.9 Å². The molecule has 0 spiro atoms. The first-order chi connectivity index (χ1) is 8.41. The minimum Gasteiger partial charge on any atom is -0.504 e. The fourth-order valence-corrected chi connectivity index (χ4v) is 1.72. The maximum atomic E-state index is 13.8. The molecule has 0 amide bonds. The van der Waals surface area contributed by atoms with Gasteiger partial charge in [0.25, 0.3) is 0 Å². The van der Waals surface area contributed by atoms with Crippen LogP contribution in [0.1, 0.15) is 16.1 Å². The van der Waals surface area contributed by atoms with Crippen molar-refractivity contribution in [3.63, 3.8) is 0 Å². The minimum absolute atomic E-state index is 0.0480. The highest BCUT2D eigenvalue weighted by atomic mass is 79.9. The molecule has 2 aromatic rings. The van der Waals surface area contributed by atoms with Gasteiger partial charge in [-0.05, 0) is 34.5 Å². The van der Waals surface area contributed by atoms with Gasteiger partial charge in [0.1, 0.15) is 0 Å². The van der Waals surface area contributed by atoms with E-state index in [0.29, 0.717) is 5.56 Å². The Balaban J connectivity index is 2.60. The Morgan fingerprint density at radius 1 is 1.50 bits per heavy atom. The summed E-state index contributed by atoms with van der Waals surface area (Å²) in [6, 6.07) is 2.51. The molecule has 1 aromatic heterocycles. The monoisotopic (exact) mass is 315 g/mol. The highest BCUT2D eigenvalue weighted by Crippen LogP contribution is 2.37. The van der Waals surface area contributed by atoms with Gasteiger partial charge in [-0.2, -0.15) is 0 Å². The standard InChI is InChI=1S/C11H7BrFNO4/c1-4-2-5(9(13)10(15)8(4)12)7-3-6(11(16)17)14-18-7/h2-3,15H,1H3,(H,16,17). The van der Waals surface area contributed by atoms with Crippen LogP contribution in [0.3, 0.4) is 0 Å². The van der Waals surface area contributed by atoms with E-state index in [-0.39, 0.29) is 21.5 Å². The van der Waals surface area contributed by atoms with Gasteiger partial charge in [0.2, 0.25) is 0 Å². The number of carbonyl (C=O) groups is 1. The number of rotatable bonds is 2. The largest absolute Gasteiger partial charge is 0.504 e. The molecule has 0 atom stereocenters. The summed E-state index contributed by atoms with van der Waals surface area (Å²) in [6.45, 7) is 1.65. The van der Waals surface area contributed by atoms with Gasteiger partial charge in [-0.1, -0.05) is 5.16 Å². The molecule has 0 saturated carbocycles. The predicted octanol–water partition coefficient (Wildman–Crippen LogP) is 2.96. The van der Waals surface area contributed by atoms with Crippen LogP contribution in [0, 0.1) is 12.7 Å². The van der Waals surface area contributed by atoms with E-state index in [4.69, 9.17) is 9.63 Å². The van der Waals surface area contributed by atoms with Crippen molar-refractivity contribution in [1.82, 2.24) is 5.16 Å². The molecule has 1 heterocycles. The SMILES string of the molecule is Cc1cc(-c2cc(C(=O)O)no2)c(F)c(O)c1Br. The number of aromatic hydroxyl groups is 1. The van der Waals surface area contributed by atoms with Crippen molar-refractivity contribution < 1.29 is 23.9 Å². The predicted molar refractivity (Wildman–Crippen MR) is 63.0 cm³/mol. The second-order valence-corrected chi connectivity index (χ2v) is 4.39. The summed E-state index contributed by atoms with van der Waals surface area (Å²) in [4.78, 5) is 10.6. The molecule has 0 radical (unpaired) electrons. The second kappa shape index (κ2) is 4.41. The Hall–Kier alpha value is -1.89. The average molecular weight is 316 g/mol. The zero-order valence-corrected chi connectivity index (χ0v) is 10.7. The Kier molecular flexibility index (Phi) is 3.08. The van der Waals surface area contributed by atoms with Gasteiger partial charge in [0, 0.05) is 6.07 Å². The number of carboxylic acid groups (broad SMARTS) is 1. The van der Waals surface area contributed by atoms with E-state index in [1.165, 1.54) is 6.07 Å². The zero-order valence-electron chi connectivity index (χ0n) is 9.07. The second-order valence-electron chi connectivity index (χ2n) is 3.60. The number of aryl methyl sites for hydroxylation is 1. The van der Waals surface area contributed by atoms with Crippen LogP contribution in [-0.2, 0) is 0 Å². The van der Waals surface area contributed by atoms with Crippen LogP contribution < -0.4 is 0 Å². The first-order valence-electron chi connectivity index (χ1n) is 4.79. The number of hydrogen-bond acceptors (Lipinski definition) is 4. The highest BCUT2D eigenvalue weighted by Gasteiger charge is 2.20. The van der Waals surface area contributed by atoms with Crippen LogP contribution in [0.15, 0.2) is 21.1 Å². The molecule has 0 aliphatic carbocycles. The van der Waals surface area contributed by atoms with E-state index in [9.17, 15) is 14.3 Å². The van der Waals surface area contributed by atoms with Gasteiger partial charge in [-0.25, -0.2) is 9.18 Å². The quantitative estimate of drug-likeness (QED) is 0.890. The molecular formula is C11H7BrFNO4. The van der Waals surface area contributed by atoms with Gasteiger partial charge < -0.3 is 14.7 Å². The van der Waals surface area contributed by atoms with E-state index in [1.807, 2.05) is 0 Å². The van der Waals surface area contributed by atoms with Crippen molar-refractivity contribution in [2.24, 2.45) is 0 Å². The Bertz CT molecular complexity index is 638. The number of aromatic carboxylic acids is 1. The summed E-state index contributed by atoms with van der Waals surface area (Å²) in [7, 11) is 0. The van der Waals surface area contributed by atoms with Crippen LogP contribution in [0.4, 0.5) is 4.39 Å². The van der Waals surface area contributed by atoms with Gasteiger partial charge in [0.15, 0.2) is 23.0 Å². The first-order valence-corrected chi connectivity index (χ1v) is 5.59. The van der Waals surface area contributed by atoms with Crippen LogP contribution in [0.2, 0.25) is 0 Å². The first kappa shape index (κ1) is 12.6. The Morgan fingerprint density at radius 2 is 2.17 bits per heavy atom. The maximum absolute atomic E-state index is 13.8. The third-order valence-corrected chi connectivity index (χ3v) is 3.36. The third-order valence-electron chi connectivity index (χ3n) is 2.35. The zero-order chi connectivity index (χ0) is 13.4. The molecule has 2 rings (SSSR count). The summed E-state index contributed by atoms with van der Waals surface area (Å²) in [5.74, 6) is -2.79. The summed E-state index contributed by atoms with van der Waals surface area (Å²) in [5.41, 5.74) is 0.204. The number of halogens is 2. The maximum Gasteiger partial charge on any atom is 0.358 e. The highest BCUT2D eigenvalue weighted by molar-refractivity contribution is 9.10. The summed E-state index contributed by atoms with van der Waals surface area (Å²) >= 11 is 3.03. The summed E-state index contributed by atoms with van der Waals surface area (Å²) < 4.78 is 18.8. The van der Waals surface area contributed by atoms with E-state index in [2.05, 4.69) is 21.1 Å². The lowest BCUT2D eigenvalue weighted by Gasteiger charge is -2.06. The third kappa shape index (κ3) is 1.97. The summed E-state index contributed by atoms with van der Waals surface area (Å²) in [5, 5.41) is 21.5. The number of carboxylic acids is 1. The topological polar surface area (TPSA) is 83.6 Å². The molecule has 7 heteroatoms. The van der Waals surface area contributed by atoms with Gasteiger partial charge in [-0.15, -0.1) is 0 Å². The molecule has 0 bridgehead atoms. The molecule has 0 unspecified atom stereocenters. The van der Waals surface area contributed by atoms with Gasteiger partial charge >= 0.3 is 5.97 Å². The lowest BCUT2D eigenvalue weighted by molar-refractivity contribution is 0.0686. The minimum atomic E-state index is -1.27. The lowest BCUT2D eigenvalue weighted by Crippen LogP contribution is -1.94. The smallest absolute Gasteiger partial charge is 0.358 e. The molecule has 0 saturated heterocycles. The molecule has 18 heavy (non-hydrogen) atoms. The molecule has 5 nitrogen and oxygen atoms in total. The molecule has 0 fully saturated rings. The van der Waals surface area contributed by atoms with Gasteiger partial charge in [0.05, 0.1) is 10.0 Å². The van der Waals surface area contributed by atoms with Crippen molar-refractivity contribution in [3.8, 4) is 17.1 Å². The number of nitrogens with zero attached hydrogens (tertiary/aromatic N) is 1. The lowest BCUT2D eigenvalue weighted by atomic mass is 10.1. The van der Waals surface area contributed by atoms with Crippen molar-refractivity contribution in [2.45, 2.75) is 6.92 Å². The number of aromatic nitrogens is 1. The van der Waals surface area contributed by atoms with E-state index in [0.717, 1.165) is 6.07 Å².